The van der Waals surface area contributed by atoms with Crippen molar-refractivity contribution in [2.45, 2.75) is 0 Å². The van der Waals surface area contributed by atoms with Crippen molar-refractivity contribution in [3.63, 3.8) is 0 Å². The van der Waals surface area contributed by atoms with Crippen LogP contribution in [0.4, 0.5) is 8.78 Å². The lowest BCUT2D eigenvalue weighted by atomic mass is 10.2. The van der Waals surface area contributed by atoms with Crippen molar-refractivity contribution in [2.75, 3.05) is 13.1 Å². The van der Waals surface area contributed by atoms with Gasteiger partial charge in [-0.2, -0.15) is 0 Å². The first kappa shape index (κ1) is 14.6. The zero-order chi connectivity index (χ0) is 14.4. The number of carbonyl (C=O) groups excluding carboxylic acids is 2. The van der Waals surface area contributed by atoms with Crippen molar-refractivity contribution in [1.29, 1.82) is 0 Å². The first-order chi connectivity index (χ1) is 8.91. The van der Waals surface area contributed by atoms with Gasteiger partial charge in [-0.1, -0.05) is 6.07 Å². The second-order valence-corrected chi connectivity index (χ2v) is 3.45. The zero-order valence-electron chi connectivity index (χ0n) is 9.57. The third-order valence-electron chi connectivity index (χ3n) is 2.04. The number of benzene rings is 1. The fourth-order valence-corrected chi connectivity index (χ4v) is 1.20. The number of rotatable bonds is 5. The average molecular weight is 272 g/mol. The van der Waals surface area contributed by atoms with E-state index in [2.05, 4.69) is 0 Å². The molecule has 0 unspecified atom stereocenters. The first-order valence-corrected chi connectivity index (χ1v) is 5.12. The van der Waals surface area contributed by atoms with Crippen LogP contribution in [-0.2, 0) is 9.59 Å². The number of halogens is 2. The molecule has 19 heavy (non-hydrogen) atoms. The summed E-state index contributed by atoms with van der Waals surface area (Å²) in [5, 5.41) is 12.2. The molecule has 0 spiro atoms. The van der Waals surface area contributed by atoms with E-state index in [1.807, 2.05) is 10.6 Å². The molecular formula is C11H10F2N2O4. The number of carboxylic acid groups (broad SMARTS) is 1. The Morgan fingerprint density at radius 3 is 2.16 bits per heavy atom. The van der Waals surface area contributed by atoms with E-state index in [0.717, 1.165) is 18.2 Å². The van der Waals surface area contributed by atoms with Crippen molar-refractivity contribution >= 4 is 17.8 Å². The Bertz CT molecular complexity index is 499. The molecular weight excluding hydrogens is 262 g/mol. The summed E-state index contributed by atoms with van der Waals surface area (Å²) in [5.41, 5.74) is -0.798. The van der Waals surface area contributed by atoms with Crippen molar-refractivity contribution < 1.29 is 28.3 Å². The zero-order valence-corrected chi connectivity index (χ0v) is 9.57. The van der Waals surface area contributed by atoms with Gasteiger partial charge in [0.15, 0.2) is 0 Å². The van der Waals surface area contributed by atoms with E-state index in [1.54, 1.807) is 0 Å². The minimum absolute atomic E-state index is 0.583. The lowest BCUT2D eigenvalue weighted by Crippen LogP contribution is -2.39. The number of hydrogen-bond donors (Lipinski definition) is 3. The molecule has 0 aliphatic heterocycles. The van der Waals surface area contributed by atoms with Crippen LogP contribution in [0.2, 0.25) is 0 Å². The van der Waals surface area contributed by atoms with E-state index in [1.165, 1.54) is 0 Å². The summed E-state index contributed by atoms with van der Waals surface area (Å²) in [6.45, 7) is -1.19. The Labute approximate surface area is 106 Å². The van der Waals surface area contributed by atoms with Gasteiger partial charge in [0.1, 0.15) is 23.7 Å². The molecule has 3 N–H and O–H groups in total. The van der Waals surface area contributed by atoms with Crippen LogP contribution in [0.3, 0.4) is 0 Å². The third-order valence-corrected chi connectivity index (χ3v) is 2.04. The van der Waals surface area contributed by atoms with Crippen LogP contribution < -0.4 is 10.6 Å². The van der Waals surface area contributed by atoms with Gasteiger partial charge in [0.25, 0.3) is 5.91 Å². The molecule has 0 saturated heterocycles. The monoisotopic (exact) mass is 272 g/mol. The lowest BCUT2D eigenvalue weighted by Gasteiger charge is -2.06. The van der Waals surface area contributed by atoms with Gasteiger partial charge in [0, 0.05) is 0 Å². The Morgan fingerprint density at radius 1 is 1.05 bits per heavy atom. The molecule has 2 amide bonds. The maximum absolute atomic E-state index is 13.2. The smallest absolute Gasteiger partial charge is 0.322 e. The van der Waals surface area contributed by atoms with Crippen LogP contribution in [0.1, 0.15) is 10.4 Å². The van der Waals surface area contributed by atoms with Gasteiger partial charge in [-0.15, -0.1) is 0 Å². The fraction of sp³-hybridized carbons (Fsp3) is 0.182. The Kier molecular flexibility index (Phi) is 4.92. The number of aliphatic carboxylic acids is 1. The standard InChI is InChI=1S/C11H10F2N2O4/c12-6-2-1-3-7(13)10(6)11(19)15-4-8(16)14-5-9(17)18/h1-3H,4-5H2,(H,14,16)(H,15,19)(H,17,18). The Hall–Kier alpha value is -2.51. The molecule has 0 fully saturated rings. The molecule has 0 aliphatic carbocycles. The lowest BCUT2D eigenvalue weighted by molar-refractivity contribution is -0.137. The van der Waals surface area contributed by atoms with E-state index in [9.17, 15) is 23.2 Å². The van der Waals surface area contributed by atoms with E-state index in [4.69, 9.17) is 5.11 Å². The largest absolute Gasteiger partial charge is 0.480 e. The summed E-state index contributed by atoms with van der Waals surface area (Å²) in [6.07, 6.45) is 0. The quantitative estimate of drug-likeness (QED) is 0.697. The highest BCUT2D eigenvalue weighted by Crippen LogP contribution is 2.11. The molecule has 1 aromatic rings. The summed E-state index contributed by atoms with van der Waals surface area (Å²) in [4.78, 5) is 32.7. The van der Waals surface area contributed by atoms with Gasteiger partial charge in [0.2, 0.25) is 5.91 Å². The SMILES string of the molecule is O=C(O)CNC(=O)CNC(=O)c1c(F)cccc1F. The molecule has 0 aliphatic rings. The molecule has 0 atom stereocenters. The third kappa shape index (κ3) is 4.34. The number of amides is 2. The van der Waals surface area contributed by atoms with Gasteiger partial charge in [-0.25, -0.2) is 8.78 Å². The van der Waals surface area contributed by atoms with Crippen LogP contribution in [0.5, 0.6) is 0 Å². The molecule has 1 aromatic carbocycles. The summed E-state index contributed by atoms with van der Waals surface area (Å²) >= 11 is 0. The molecule has 0 saturated carbocycles. The van der Waals surface area contributed by atoms with Gasteiger partial charge >= 0.3 is 5.97 Å². The number of carbonyl (C=O) groups is 3. The van der Waals surface area contributed by atoms with Crippen LogP contribution in [0.15, 0.2) is 18.2 Å². The highest BCUT2D eigenvalue weighted by Gasteiger charge is 2.17. The van der Waals surface area contributed by atoms with Crippen molar-refractivity contribution in [2.24, 2.45) is 0 Å². The van der Waals surface area contributed by atoms with Gasteiger partial charge < -0.3 is 15.7 Å². The topological polar surface area (TPSA) is 95.5 Å². The first-order valence-electron chi connectivity index (χ1n) is 5.12. The van der Waals surface area contributed by atoms with E-state index < -0.39 is 48.1 Å². The minimum atomic E-state index is -1.25. The maximum Gasteiger partial charge on any atom is 0.322 e. The normalized spacial score (nSPS) is 9.79. The predicted octanol–water partition coefficient (Wildman–Crippen LogP) is -0.105. The number of nitrogens with one attached hydrogen (secondary N) is 2. The second kappa shape index (κ2) is 6.43. The Balaban J connectivity index is 2.56. The summed E-state index contributed by atoms with van der Waals surface area (Å²) < 4.78 is 26.4. The van der Waals surface area contributed by atoms with Crippen LogP contribution in [-0.4, -0.2) is 36.0 Å². The highest BCUT2D eigenvalue weighted by molar-refractivity contribution is 5.97. The minimum Gasteiger partial charge on any atom is -0.480 e. The molecule has 0 aromatic heterocycles. The molecule has 0 bridgehead atoms. The van der Waals surface area contributed by atoms with E-state index in [-0.39, 0.29) is 0 Å². The van der Waals surface area contributed by atoms with Crippen molar-refractivity contribution in [1.82, 2.24) is 10.6 Å². The molecule has 8 heteroatoms. The number of hydrogen-bond acceptors (Lipinski definition) is 3. The summed E-state index contributed by atoms with van der Waals surface area (Å²) in [5.74, 6) is -5.24. The summed E-state index contributed by atoms with van der Waals surface area (Å²) in [6, 6.07) is 2.91. The van der Waals surface area contributed by atoms with Crippen molar-refractivity contribution in [3.8, 4) is 0 Å². The highest BCUT2D eigenvalue weighted by atomic mass is 19.1. The number of carboxylic acids is 1. The van der Waals surface area contributed by atoms with Gasteiger partial charge in [0.05, 0.1) is 6.54 Å². The van der Waals surface area contributed by atoms with E-state index >= 15 is 0 Å². The fourth-order valence-electron chi connectivity index (χ4n) is 1.20. The molecule has 1 rings (SSSR count). The molecule has 6 nitrogen and oxygen atoms in total. The van der Waals surface area contributed by atoms with Gasteiger partial charge in [-0.05, 0) is 12.1 Å². The van der Waals surface area contributed by atoms with Crippen LogP contribution in [0, 0.1) is 11.6 Å². The average Bonchev–Trinajstić information content (AvgIpc) is 2.33. The second-order valence-electron chi connectivity index (χ2n) is 3.45. The predicted molar refractivity (Wildman–Crippen MR) is 59.3 cm³/mol. The molecule has 0 heterocycles. The van der Waals surface area contributed by atoms with Crippen LogP contribution in [0.25, 0.3) is 0 Å². The van der Waals surface area contributed by atoms with E-state index in [0.29, 0.717) is 0 Å². The summed E-state index contributed by atoms with van der Waals surface area (Å²) in [7, 11) is 0. The molecule has 0 radical (unpaired) electrons. The van der Waals surface area contributed by atoms with Gasteiger partial charge in [-0.3, -0.25) is 14.4 Å². The molecule has 102 valence electrons. The Morgan fingerprint density at radius 2 is 1.63 bits per heavy atom. The van der Waals surface area contributed by atoms with Crippen LogP contribution >= 0.6 is 0 Å². The van der Waals surface area contributed by atoms with Crippen molar-refractivity contribution in [3.05, 3.63) is 35.4 Å². The maximum atomic E-state index is 13.2.